The Labute approximate surface area is 176 Å². The van der Waals surface area contributed by atoms with Crippen molar-refractivity contribution in [3.63, 3.8) is 0 Å². The molecular weight excluding hydrogens is 406 g/mol. The van der Waals surface area contributed by atoms with Gasteiger partial charge < -0.3 is 14.3 Å². The second-order valence-electron chi connectivity index (χ2n) is 6.27. The summed E-state index contributed by atoms with van der Waals surface area (Å²) in [7, 11) is 1.84. The first-order valence-electron chi connectivity index (χ1n) is 9.05. The summed E-state index contributed by atoms with van der Waals surface area (Å²) in [5, 5.41) is 14.3. The molecule has 0 atom stereocenters. The Hall–Kier alpha value is -2.91. The van der Waals surface area contributed by atoms with Crippen LogP contribution < -0.4 is 5.32 Å². The Kier molecular flexibility index (Phi) is 5.77. The summed E-state index contributed by atoms with van der Waals surface area (Å²) >= 11 is 2.72. The molecule has 1 aromatic carbocycles. The van der Waals surface area contributed by atoms with Crippen LogP contribution in [-0.2, 0) is 18.3 Å². The molecule has 4 rings (SSSR count). The molecule has 0 radical (unpaired) electrons. The number of furan rings is 1. The molecule has 7 nitrogen and oxygen atoms in total. The van der Waals surface area contributed by atoms with Gasteiger partial charge in [-0.05, 0) is 24.1 Å². The molecule has 1 N–H and O–H groups in total. The van der Waals surface area contributed by atoms with Crippen LogP contribution in [-0.4, -0.2) is 31.4 Å². The highest BCUT2D eigenvalue weighted by Gasteiger charge is 2.15. The lowest BCUT2D eigenvalue weighted by molar-refractivity contribution is -0.113. The number of carbonyl (C=O) groups is 1. The van der Waals surface area contributed by atoms with Crippen molar-refractivity contribution in [3.8, 4) is 22.8 Å². The lowest BCUT2D eigenvalue weighted by atomic mass is 10.1. The molecule has 3 aromatic heterocycles. The van der Waals surface area contributed by atoms with E-state index in [0.29, 0.717) is 21.9 Å². The molecule has 4 aromatic rings. The number of aromatic nitrogens is 4. The maximum Gasteiger partial charge on any atom is 0.236 e. The Bertz CT molecular complexity index is 1100. The van der Waals surface area contributed by atoms with E-state index in [9.17, 15) is 4.79 Å². The first-order valence-corrected chi connectivity index (χ1v) is 10.9. The van der Waals surface area contributed by atoms with Crippen molar-refractivity contribution in [1.29, 1.82) is 0 Å². The van der Waals surface area contributed by atoms with E-state index in [1.54, 1.807) is 16.9 Å². The molecule has 3 heterocycles. The Morgan fingerprint density at radius 1 is 1.24 bits per heavy atom. The molecular formula is C20H19N5O2S2. The summed E-state index contributed by atoms with van der Waals surface area (Å²) < 4.78 is 7.15. The van der Waals surface area contributed by atoms with Crippen LogP contribution in [0.5, 0.6) is 0 Å². The van der Waals surface area contributed by atoms with Gasteiger partial charge in [-0.25, -0.2) is 4.98 Å². The molecule has 0 bridgehead atoms. The van der Waals surface area contributed by atoms with Gasteiger partial charge in [0.2, 0.25) is 5.91 Å². The number of nitrogens with one attached hydrogen (secondary N) is 1. The number of anilines is 1. The van der Waals surface area contributed by atoms with Gasteiger partial charge in [0.15, 0.2) is 21.9 Å². The van der Waals surface area contributed by atoms with Crippen molar-refractivity contribution in [1.82, 2.24) is 19.7 Å². The van der Waals surface area contributed by atoms with Crippen molar-refractivity contribution in [2.45, 2.75) is 18.5 Å². The van der Waals surface area contributed by atoms with Crippen LogP contribution in [0, 0.1) is 0 Å². The van der Waals surface area contributed by atoms with E-state index in [2.05, 4.69) is 51.7 Å². The van der Waals surface area contributed by atoms with Crippen molar-refractivity contribution < 1.29 is 9.21 Å². The highest BCUT2D eigenvalue weighted by Crippen LogP contribution is 2.26. The first-order chi connectivity index (χ1) is 14.1. The average Bonchev–Trinajstić information content (AvgIpc) is 3.48. The minimum absolute atomic E-state index is 0.139. The number of hydrogen-bond donors (Lipinski definition) is 1. The van der Waals surface area contributed by atoms with Gasteiger partial charge in [-0.1, -0.05) is 43.0 Å². The third-order valence-corrected chi connectivity index (χ3v) is 6.10. The van der Waals surface area contributed by atoms with Crippen LogP contribution in [0.25, 0.3) is 22.8 Å². The summed E-state index contributed by atoms with van der Waals surface area (Å²) in [4.78, 5) is 16.8. The maximum absolute atomic E-state index is 12.3. The number of thiazole rings is 1. The predicted octanol–water partition coefficient (Wildman–Crippen LogP) is 4.49. The Morgan fingerprint density at radius 3 is 2.79 bits per heavy atom. The lowest BCUT2D eigenvalue weighted by Gasteiger charge is -2.03. The number of carbonyl (C=O) groups excluding carboxylic acids is 1. The number of amides is 1. The molecule has 0 spiro atoms. The molecule has 0 unspecified atom stereocenters. The van der Waals surface area contributed by atoms with Gasteiger partial charge in [0.1, 0.15) is 0 Å². The van der Waals surface area contributed by atoms with Crippen molar-refractivity contribution in [2.24, 2.45) is 7.05 Å². The maximum atomic E-state index is 12.3. The zero-order valence-electron chi connectivity index (χ0n) is 16.0. The SMILES string of the molecule is CCc1ccc(-c2csc(NC(=O)CSc3nnc(-c4ccco4)n3C)n2)cc1. The van der Waals surface area contributed by atoms with Crippen LogP contribution in [0.3, 0.4) is 0 Å². The number of rotatable bonds is 7. The fraction of sp³-hybridized carbons (Fsp3) is 0.200. The van der Waals surface area contributed by atoms with Crippen LogP contribution >= 0.6 is 23.1 Å². The molecule has 0 fully saturated rings. The standard InChI is InChI=1S/C20H19N5O2S2/c1-3-13-6-8-14(9-7-13)15-11-28-19(21-15)22-17(26)12-29-20-24-23-18(25(20)2)16-5-4-10-27-16/h4-11H,3,12H2,1-2H3,(H,21,22,26). The zero-order chi connectivity index (χ0) is 20.2. The highest BCUT2D eigenvalue weighted by atomic mass is 32.2. The second kappa shape index (κ2) is 8.62. The highest BCUT2D eigenvalue weighted by molar-refractivity contribution is 7.99. The lowest BCUT2D eigenvalue weighted by Crippen LogP contribution is -2.14. The average molecular weight is 426 g/mol. The number of aryl methyl sites for hydroxylation is 1. The van der Waals surface area contributed by atoms with Gasteiger partial charge >= 0.3 is 0 Å². The fourth-order valence-electron chi connectivity index (χ4n) is 2.72. The summed E-state index contributed by atoms with van der Waals surface area (Å²) in [6.45, 7) is 2.13. The predicted molar refractivity (Wildman–Crippen MR) is 115 cm³/mol. The summed E-state index contributed by atoms with van der Waals surface area (Å²) in [6.07, 6.45) is 2.59. The van der Waals surface area contributed by atoms with Crippen molar-refractivity contribution >= 4 is 34.1 Å². The summed E-state index contributed by atoms with van der Waals surface area (Å²) in [5.41, 5.74) is 3.18. The smallest absolute Gasteiger partial charge is 0.236 e. The molecule has 1 amide bonds. The molecule has 0 aliphatic heterocycles. The third kappa shape index (κ3) is 4.41. The van der Waals surface area contributed by atoms with Gasteiger partial charge in [0.25, 0.3) is 0 Å². The molecule has 29 heavy (non-hydrogen) atoms. The molecule has 0 saturated carbocycles. The van der Waals surface area contributed by atoms with Gasteiger partial charge in [-0.3, -0.25) is 4.79 Å². The van der Waals surface area contributed by atoms with Gasteiger partial charge in [0.05, 0.1) is 17.7 Å². The fourth-order valence-corrected chi connectivity index (χ4v) is 4.17. The molecule has 148 valence electrons. The number of thioether (sulfide) groups is 1. The third-order valence-electron chi connectivity index (χ3n) is 4.32. The minimum Gasteiger partial charge on any atom is -0.461 e. The van der Waals surface area contributed by atoms with Crippen LogP contribution in [0.1, 0.15) is 12.5 Å². The van der Waals surface area contributed by atoms with E-state index in [1.165, 1.54) is 28.7 Å². The van der Waals surface area contributed by atoms with Crippen LogP contribution in [0.4, 0.5) is 5.13 Å². The van der Waals surface area contributed by atoms with Crippen LogP contribution in [0.2, 0.25) is 0 Å². The minimum atomic E-state index is -0.139. The van der Waals surface area contributed by atoms with E-state index in [0.717, 1.165) is 17.7 Å². The van der Waals surface area contributed by atoms with E-state index in [4.69, 9.17) is 4.42 Å². The van der Waals surface area contributed by atoms with Gasteiger partial charge in [-0.2, -0.15) is 0 Å². The van der Waals surface area contributed by atoms with Crippen LogP contribution in [0.15, 0.2) is 57.6 Å². The quantitative estimate of drug-likeness (QED) is 0.439. The number of benzene rings is 1. The largest absolute Gasteiger partial charge is 0.461 e. The second-order valence-corrected chi connectivity index (χ2v) is 8.07. The zero-order valence-corrected chi connectivity index (χ0v) is 17.6. The van der Waals surface area contributed by atoms with Crippen molar-refractivity contribution in [2.75, 3.05) is 11.1 Å². The van der Waals surface area contributed by atoms with Gasteiger partial charge in [-0.15, -0.1) is 21.5 Å². The number of hydrogen-bond acceptors (Lipinski definition) is 7. The van der Waals surface area contributed by atoms with Gasteiger partial charge in [0, 0.05) is 18.0 Å². The van der Waals surface area contributed by atoms with E-state index in [-0.39, 0.29) is 11.7 Å². The Morgan fingerprint density at radius 2 is 2.07 bits per heavy atom. The molecule has 0 aliphatic rings. The number of nitrogens with zero attached hydrogens (tertiary/aromatic N) is 4. The first kappa shape index (κ1) is 19.4. The molecule has 0 aliphatic carbocycles. The van der Waals surface area contributed by atoms with E-state index in [1.807, 2.05) is 18.5 Å². The van der Waals surface area contributed by atoms with Crippen molar-refractivity contribution in [3.05, 3.63) is 53.6 Å². The molecule has 0 saturated heterocycles. The summed E-state index contributed by atoms with van der Waals surface area (Å²) in [6, 6.07) is 11.9. The topological polar surface area (TPSA) is 85.8 Å². The molecule has 9 heteroatoms. The van der Waals surface area contributed by atoms with E-state index < -0.39 is 0 Å². The normalized spacial score (nSPS) is 11.0. The monoisotopic (exact) mass is 425 g/mol. The summed E-state index contributed by atoms with van der Waals surface area (Å²) in [5.74, 6) is 1.33. The van der Waals surface area contributed by atoms with E-state index >= 15 is 0 Å². The Balaban J connectivity index is 1.35.